The highest BCUT2D eigenvalue weighted by molar-refractivity contribution is 6.35. The van der Waals surface area contributed by atoms with E-state index < -0.39 is 11.8 Å². The Balaban J connectivity index is 1.26. The van der Waals surface area contributed by atoms with Crippen molar-refractivity contribution in [2.24, 2.45) is 16.9 Å². The van der Waals surface area contributed by atoms with Crippen LogP contribution in [0.1, 0.15) is 38.2 Å². The van der Waals surface area contributed by atoms with E-state index in [0.717, 1.165) is 30.5 Å². The number of piperidine rings is 1. The molecule has 39 heavy (non-hydrogen) atoms. The Morgan fingerprint density at radius 3 is 2.31 bits per heavy atom. The number of hydroxylamine groups is 2. The highest BCUT2D eigenvalue weighted by atomic mass is 16.7. The maximum Gasteiger partial charge on any atom is 0.335 e. The van der Waals surface area contributed by atoms with Gasteiger partial charge < -0.3 is 14.4 Å². The molecule has 210 valence electrons. The first-order valence-electron chi connectivity index (χ1n) is 13.7. The molecule has 1 aliphatic carbocycles. The summed E-state index contributed by atoms with van der Waals surface area (Å²) in [5, 5.41) is 7.87. The number of hydrogen-bond acceptors (Lipinski definition) is 8. The Kier molecular flexibility index (Phi) is 8.18. The molecule has 0 unspecified atom stereocenters. The average Bonchev–Trinajstić information content (AvgIpc) is 2.98. The van der Waals surface area contributed by atoms with Crippen LogP contribution in [0.3, 0.4) is 0 Å². The molecule has 2 atom stereocenters. The SMILES string of the molecule is CCN1CCN(OCN2CCC(N3N=C(c4ccc(OC)c(OC)c4)[C@H]4CC=CC[C@H]4C3=O)CC2)C(=O)C1=O. The number of hydrogen-bond donors (Lipinski definition) is 0. The van der Waals surface area contributed by atoms with E-state index in [9.17, 15) is 14.4 Å². The number of fused-ring (bicyclic) bond motifs is 1. The van der Waals surface area contributed by atoms with E-state index >= 15 is 0 Å². The standard InChI is InChI=1S/C28H37N5O6/c1-4-31-15-16-32(28(36)27(31)35)39-18-30-13-11-20(12-14-30)33-26(34)22-8-6-5-7-21(22)25(29-33)19-9-10-23(37-2)24(17-19)38-3/h5-6,9-10,17,20-22H,4,7-8,11-16,18H2,1-3H3/t21-,22+/m0/s1. The lowest BCUT2D eigenvalue weighted by atomic mass is 9.76. The van der Waals surface area contributed by atoms with Crippen molar-refractivity contribution in [1.82, 2.24) is 19.9 Å². The van der Waals surface area contributed by atoms with Crippen LogP contribution in [0, 0.1) is 11.8 Å². The molecule has 3 aliphatic heterocycles. The van der Waals surface area contributed by atoms with E-state index in [4.69, 9.17) is 19.4 Å². The van der Waals surface area contributed by atoms with Crippen LogP contribution in [0.4, 0.5) is 0 Å². The molecular weight excluding hydrogens is 502 g/mol. The van der Waals surface area contributed by atoms with Gasteiger partial charge in [0.25, 0.3) is 0 Å². The molecule has 11 nitrogen and oxygen atoms in total. The van der Waals surface area contributed by atoms with Gasteiger partial charge in [-0.15, -0.1) is 0 Å². The number of likely N-dealkylation sites (tertiary alicyclic amines) is 1. The van der Waals surface area contributed by atoms with Crippen LogP contribution in [-0.2, 0) is 19.2 Å². The molecule has 11 heteroatoms. The quantitative estimate of drug-likeness (QED) is 0.367. The summed E-state index contributed by atoms with van der Waals surface area (Å²) in [5.74, 6) is 0.115. The molecule has 1 aromatic rings. The number of amides is 3. The van der Waals surface area contributed by atoms with Gasteiger partial charge in [-0.3, -0.25) is 24.1 Å². The predicted molar refractivity (Wildman–Crippen MR) is 143 cm³/mol. The van der Waals surface area contributed by atoms with Gasteiger partial charge in [0.15, 0.2) is 11.5 Å². The number of likely N-dealkylation sites (N-methyl/N-ethyl adjacent to an activating group) is 1. The molecule has 0 bridgehead atoms. The number of methoxy groups -OCH3 is 2. The van der Waals surface area contributed by atoms with Crippen LogP contribution < -0.4 is 9.47 Å². The third-order valence-corrected chi connectivity index (χ3v) is 8.17. The van der Waals surface area contributed by atoms with Gasteiger partial charge in [-0.25, -0.2) is 10.1 Å². The molecule has 0 N–H and O–H groups in total. The van der Waals surface area contributed by atoms with E-state index in [1.165, 1.54) is 9.96 Å². The lowest BCUT2D eigenvalue weighted by Gasteiger charge is -2.42. The largest absolute Gasteiger partial charge is 0.493 e. The Labute approximate surface area is 228 Å². The van der Waals surface area contributed by atoms with Crippen molar-refractivity contribution in [2.75, 3.05) is 53.7 Å². The first kappa shape index (κ1) is 27.1. The number of allylic oxidation sites excluding steroid dienone is 2. The highest BCUT2D eigenvalue weighted by Gasteiger charge is 2.43. The molecule has 0 saturated carbocycles. The van der Waals surface area contributed by atoms with E-state index in [0.29, 0.717) is 50.6 Å². The molecular formula is C28H37N5O6. The average molecular weight is 540 g/mol. The zero-order valence-electron chi connectivity index (χ0n) is 22.9. The van der Waals surface area contributed by atoms with Crippen molar-refractivity contribution < 1.29 is 28.7 Å². The van der Waals surface area contributed by atoms with Crippen LogP contribution in [0.5, 0.6) is 11.5 Å². The summed E-state index contributed by atoms with van der Waals surface area (Å²) >= 11 is 0. The molecule has 0 radical (unpaired) electrons. The molecule has 4 aliphatic rings. The summed E-state index contributed by atoms with van der Waals surface area (Å²) in [5.41, 5.74) is 1.84. The number of benzene rings is 1. The first-order chi connectivity index (χ1) is 18.9. The minimum absolute atomic E-state index is 0.0212. The van der Waals surface area contributed by atoms with Crippen LogP contribution in [-0.4, -0.2) is 103 Å². The number of ether oxygens (including phenoxy) is 2. The number of hydrazone groups is 1. The number of carbonyl (C=O) groups excluding carboxylic acids is 3. The monoisotopic (exact) mass is 539 g/mol. The minimum atomic E-state index is -0.620. The van der Waals surface area contributed by atoms with Gasteiger partial charge in [-0.2, -0.15) is 5.10 Å². The molecule has 1 aromatic carbocycles. The van der Waals surface area contributed by atoms with Gasteiger partial charge in [0.05, 0.1) is 38.4 Å². The molecule has 0 aromatic heterocycles. The van der Waals surface area contributed by atoms with Gasteiger partial charge in [0.2, 0.25) is 5.91 Å². The first-order valence-corrected chi connectivity index (χ1v) is 13.7. The summed E-state index contributed by atoms with van der Waals surface area (Å²) in [6.45, 7) is 4.81. The van der Waals surface area contributed by atoms with E-state index in [-0.39, 0.29) is 30.5 Å². The fraction of sp³-hybridized carbons (Fsp3) is 0.571. The zero-order chi connectivity index (χ0) is 27.5. The van der Waals surface area contributed by atoms with E-state index in [1.807, 2.05) is 25.1 Å². The zero-order valence-corrected chi connectivity index (χ0v) is 22.9. The normalized spacial score (nSPS) is 24.6. The van der Waals surface area contributed by atoms with Crippen molar-refractivity contribution in [3.63, 3.8) is 0 Å². The Morgan fingerprint density at radius 2 is 1.62 bits per heavy atom. The Morgan fingerprint density at radius 1 is 0.897 bits per heavy atom. The fourth-order valence-corrected chi connectivity index (χ4v) is 5.85. The number of nitrogens with zero attached hydrogens (tertiary/aromatic N) is 5. The predicted octanol–water partition coefficient (Wildman–Crippen LogP) is 1.88. The smallest absolute Gasteiger partial charge is 0.335 e. The summed E-state index contributed by atoms with van der Waals surface area (Å²) in [6, 6.07) is 5.78. The molecule has 2 saturated heterocycles. The lowest BCUT2D eigenvalue weighted by Crippen LogP contribution is -2.55. The fourth-order valence-electron chi connectivity index (χ4n) is 5.85. The second-order valence-corrected chi connectivity index (χ2v) is 10.3. The highest BCUT2D eigenvalue weighted by Crippen LogP contribution is 2.38. The molecule has 5 rings (SSSR count). The lowest BCUT2D eigenvalue weighted by molar-refractivity contribution is -0.214. The van der Waals surface area contributed by atoms with Crippen LogP contribution in [0.25, 0.3) is 0 Å². The van der Waals surface area contributed by atoms with E-state index in [1.54, 1.807) is 19.2 Å². The van der Waals surface area contributed by atoms with Crippen molar-refractivity contribution >= 4 is 23.4 Å². The molecule has 2 fully saturated rings. The topological polar surface area (TPSA) is 104 Å². The van der Waals surface area contributed by atoms with Crippen LogP contribution >= 0.6 is 0 Å². The maximum absolute atomic E-state index is 13.6. The van der Waals surface area contributed by atoms with Gasteiger partial charge in [0.1, 0.15) is 6.73 Å². The third kappa shape index (κ3) is 5.38. The second kappa shape index (κ2) is 11.7. The third-order valence-electron chi connectivity index (χ3n) is 8.17. The van der Waals surface area contributed by atoms with Crippen molar-refractivity contribution in [3.05, 3.63) is 35.9 Å². The minimum Gasteiger partial charge on any atom is -0.493 e. The maximum atomic E-state index is 13.6. The van der Waals surface area contributed by atoms with Crippen LogP contribution in [0.15, 0.2) is 35.5 Å². The van der Waals surface area contributed by atoms with Crippen LogP contribution in [0.2, 0.25) is 0 Å². The molecule has 3 heterocycles. The number of piperazine rings is 1. The molecule has 0 spiro atoms. The van der Waals surface area contributed by atoms with Crippen molar-refractivity contribution in [1.29, 1.82) is 0 Å². The van der Waals surface area contributed by atoms with E-state index in [2.05, 4.69) is 17.1 Å². The Bertz CT molecular complexity index is 1160. The summed E-state index contributed by atoms with van der Waals surface area (Å²) in [7, 11) is 3.22. The van der Waals surface area contributed by atoms with Crippen molar-refractivity contribution in [3.8, 4) is 11.5 Å². The number of carbonyl (C=O) groups is 3. The van der Waals surface area contributed by atoms with Gasteiger partial charge in [-0.1, -0.05) is 12.2 Å². The summed E-state index contributed by atoms with van der Waals surface area (Å²) < 4.78 is 10.9. The summed E-state index contributed by atoms with van der Waals surface area (Å²) in [4.78, 5) is 47.4. The number of rotatable bonds is 8. The molecule has 3 amide bonds. The Hall–Kier alpha value is -3.44. The van der Waals surface area contributed by atoms with Gasteiger partial charge >= 0.3 is 11.8 Å². The second-order valence-electron chi connectivity index (χ2n) is 10.3. The van der Waals surface area contributed by atoms with Gasteiger partial charge in [-0.05, 0) is 50.8 Å². The van der Waals surface area contributed by atoms with Gasteiger partial charge in [0, 0.05) is 37.7 Å². The summed E-state index contributed by atoms with van der Waals surface area (Å²) in [6.07, 6.45) is 7.20. The van der Waals surface area contributed by atoms with Crippen molar-refractivity contribution in [2.45, 2.75) is 38.6 Å².